The average molecular weight is 220 g/mol. The lowest BCUT2D eigenvalue weighted by atomic mass is 9.94. The third kappa shape index (κ3) is 2.93. The molecular formula is C9H20N2O2S. The number of nitrogens with zero attached hydrogens (tertiary/aromatic N) is 1. The molecule has 2 N–H and O–H groups in total. The van der Waals surface area contributed by atoms with E-state index < -0.39 is 10.0 Å². The summed E-state index contributed by atoms with van der Waals surface area (Å²) < 4.78 is 24.9. The van der Waals surface area contributed by atoms with Crippen molar-refractivity contribution in [1.82, 2.24) is 4.31 Å². The molecule has 1 aliphatic rings. The highest BCUT2D eigenvalue weighted by Gasteiger charge is 2.30. The lowest BCUT2D eigenvalue weighted by molar-refractivity contribution is 0.257. The van der Waals surface area contributed by atoms with Gasteiger partial charge >= 0.3 is 0 Å². The van der Waals surface area contributed by atoms with Crippen LogP contribution in [-0.4, -0.2) is 38.1 Å². The molecule has 0 unspecified atom stereocenters. The lowest BCUT2D eigenvalue weighted by Crippen LogP contribution is -2.45. The van der Waals surface area contributed by atoms with E-state index in [4.69, 9.17) is 5.73 Å². The van der Waals surface area contributed by atoms with Gasteiger partial charge in [0.05, 0.1) is 5.75 Å². The Morgan fingerprint density at radius 2 is 2.00 bits per heavy atom. The number of hydrogen-bond donors (Lipinski definition) is 1. The van der Waals surface area contributed by atoms with Crippen LogP contribution in [0.25, 0.3) is 0 Å². The van der Waals surface area contributed by atoms with Crippen molar-refractivity contribution in [3.05, 3.63) is 0 Å². The highest BCUT2D eigenvalue weighted by molar-refractivity contribution is 7.89. The number of rotatable bonds is 3. The molecule has 4 nitrogen and oxygen atoms in total. The molecule has 1 saturated heterocycles. The minimum atomic E-state index is -2.99. The second-order valence-corrected chi connectivity index (χ2v) is 6.81. The van der Waals surface area contributed by atoms with Crippen LogP contribution < -0.4 is 5.73 Å². The molecule has 0 bridgehead atoms. The summed E-state index contributed by atoms with van der Waals surface area (Å²) in [5.74, 6) is 0.299. The van der Waals surface area contributed by atoms with Crippen LogP contribution in [0, 0.1) is 5.41 Å². The molecule has 0 aromatic carbocycles. The Balaban J connectivity index is 2.68. The van der Waals surface area contributed by atoms with E-state index >= 15 is 0 Å². The fourth-order valence-electron chi connectivity index (χ4n) is 1.56. The van der Waals surface area contributed by atoms with Crippen molar-refractivity contribution in [2.45, 2.75) is 26.7 Å². The molecule has 1 aliphatic heterocycles. The second-order valence-electron chi connectivity index (χ2n) is 4.73. The molecule has 0 aliphatic carbocycles. The summed E-state index contributed by atoms with van der Waals surface area (Å²) in [5, 5.41) is 0. The maximum absolute atomic E-state index is 11.7. The highest BCUT2D eigenvalue weighted by atomic mass is 32.2. The molecular weight excluding hydrogens is 200 g/mol. The topological polar surface area (TPSA) is 63.4 Å². The first-order valence-electron chi connectivity index (χ1n) is 5.05. The van der Waals surface area contributed by atoms with Crippen molar-refractivity contribution in [2.75, 3.05) is 25.4 Å². The van der Waals surface area contributed by atoms with Gasteiger partial charge in [-0.25, -0.2) is 12.7 Å². The normalized spacial score (nSPS) is 23.6. The van der Waals surface area contributed by atoms with Gasteiger partial charge in [0.25, 0.3) is 0 Å². The Labute approximate surface area is 86.5 Å². The Hall–Kier alpha value is -0.130. The van der Waals surface area contributed by atoms with Crippen LogP contribution in [0.4, 0.5) is 0 Å². The van der Waals surface area contributed by atoms with Gasteiger partial charge in [-0.15, -0.1) is 0 Å². The minimum Gasteiger partial charge on any atom is -0.330 e. The van der Waals surface area contributed by atoms with E-state index in [9.17, 15) is 8.42 Å². The Morgan fingerprint density at radius 3 is 2.50 bits per heavy atom. The van der Waals surface area contributed by atoms with E-state index in [0.717, 1.165) is 12.8 Å². The zero-order valence-corrected chi connectivity index (χ0v) is 9.81. The van der Waals surface area contributed by atoms with Crippen LogP contribution in [0.3, 0.4) is 0 Å². The predicted molar refractivity (Wildman–Crippen MR) is 57.4 cm³/mol. The molecule has 84 valence electrons. The van der Waals surface area contributed by atoms with E-state index in [0.29, 0.717) is 25.4 Å². The molecule has 0 aromatic heterocycles. The molecule has 0 atom stereocenters. The van der Waals surface area contributed by atoms with Gasteiger partial charge in [0.15, 0.2) is 0 Å². The summed E-state index contributed by atoms with van der Waals surface area (Å²) in [6.07, 6.45) is 1.77. The van der Waals surface area contributed by atoms with Crippen molar-refractivity contribution in [1.29, 1.82) is 0 Å². The van der Waals surface area contributed by atoms with E-state index in [-0.39, 0.29) is 5.41 Å². The quantitative estimate of drug-likeness (QED) is 0.748. The van der Waals surface area contributed by atoms with Crippen LogP contribution in [-0.2, 0) is 10.0 Å². The van der Waals surface area contributed by atoms with E-state index in [1.807, 2.05) is 13.8 Å². The molecule has 0 aromatic rings. The molecule has 0 saturated carbocycles. The van der Waals surface area contributed by atoms with Crippen molar-refractivity contribution in [2.24, 2.45) is 11.1 Å². The number of sulfonamides is 1. The molecule has 0 radical (unpaired) electrons. The molecule has 1 fully saturated rings. The molecule has 0 amide bonds. The summed E-state index contributed by atoms with van der Waals surface area (Å²) in [5.41, 5.74) is 5.47. The van der Waals surface area contributed by atoms with Crippen molar-refractivity contribution in [3.8, 4) is 0 Å². The highest BCUT2D eigenvalue weighted by Crippen LogP contribution is 2.21. The lowest BCUT2D eigenvalue weighted by Gasteiger charge is -2.33. The zero-order valence-electron chi connectivity index (χ0n) is 8.99. The van der Waals surface area contributed by atoms with Crippen LogP contribution in [0.1, 0.15) is 26.7 Å². The maximum atomic E-state index is 11.7. The second kappa shape index (κ2) is 4.16. The first-order chi connectivity index (χ1) is 6.37. The molecule has 1 heterocycles. The fourth-order valence-corrected chi connectivity index (χ4v) is 3.34. The smallest absolute Gasteiger partial charge is 0.214 e. The summed E-state index contributed by atoms with van der Waals surface area (Å²) >= 11 is 0. The van der Waals surface area contributed by atoms with Gasteiger partial charge in [-0.2, -0.15) is 0 Å². The van der Waals surface area contributed by atoms with Gasteiger partial charge in [0.2, 0.25) is 10.0 Å². The standard InChI is InChI=1S/C9H20N2O2S/c1-9(2,7-10)8-11-5-3-4-6-14(11,12)13/h3-8,10H2,1-2H3. The van der Waals surface area contributed by atoms with Gasteiger partial charge in [-0.3, -0.25) is 0 Å². The molecule has 0 spiro atoms. The first-order valence-corrected chi connectivity index (χ1v) is 6.66. The molecule has 5 heteroatoms. The molecule has 14 heavy (non-hydrogen) atoms. The fraction of sp³-hybridized carbons (Fsp3) is 1.00. The number of hydrogen-bond acceptors (Lipinski definition) is 3. The van der Waals surface area contributed by atoms with E-state index in [1.54, 1.807) is 4.31 Å². The summed E-state index contributed by atoms with van der Waals surface area (Å²) in [6, 6.07) is 0. The SMILES string of the molecule is CC(C)(CN)CN1CCCCS1(=O)=O. The minimum absolute atomic E-state index is 0.121. The summed E-state index contributed by atoms with van der Waals surface area (Å²) in [6.45, 7) is 5.71. The van der Waals surface area contributed by atoms with E-state index in [2.05, 4.69) is 0 Å². The van der Waals surface area contributed by atoms with E-state index in [1.165, 1.54) is 0 Å². The van der Waals surface area contributed by atoms with Crippen LogP contribution in [0.15, 0.2) is 0 Å². The van der Waals surface area contributed by atoms with Gasteiger partial charge in [-0.1, -0.05) is 13.8 Å². The average Bonchev–Trinajstić information content (AvgIpc) is 2.09. The van der Waals surface area contributed by atoms with Crippen molar-refractivity contribution >= 4 is 10.0 Å². The van der Waals surface area contributed by atoms with Crippen molar-refractivity contribution < 1.29 is 8.42 Å². The largest absolute Gasteiger partial charge is 0.330 e. The maximum Gasteiger partial charge on any atom is 0.214 e. The zero-order chi connectivity index (χ0) is 10.8. The number of nitrogens with two attached hydrogens (primary N) is 1. The monoisotopic (exact) mass is 220 g/mol. The van der Waals surface area contributed by atoms with Gasteiger partial charge < -0.3 is 5.73 Å². The Morgan fingerprint density at radius 1 is 1.36 bits per heavy atom. The van der Waals surface area contributed by atoms with Gasteiger partial charge in [-0.05, 0) is 24.8 Å². The van der Waals surface area contributed by atoms with Crippen LogP contribution in [0.2, 0.25) is 0 Å². The van der Waals surface area contributed by atoms with Crippen molar-refractivity contribution in [3.63, 3.8) is 0 Å². The summed E-state index contributed by atoms with van der Waals surface area (Å²) in [7, 11) is -2.99. The van der Waals surface area contributed by atoms with Crippen LogP contribution >= 0.6 is 0 Å². The van der Waals surface area contributed by atoms with Gasteiger partial charge in [0.1, 0.15) is 0 Å². The Bertz CT molecular complexity index is 285. The van der Waals surface area contributed by atoms with Crippen LogP contribution in [0.5, 0.6) is 0 Å². The summed E-state index contributed by atoms with van der Waals surface area (Å²) in [4.78, 5) is 0. The predicted octanol–water partition coefficient (Wildman–Crippen LogP) is 0.397. The third-order valence-corrected chi connectivity index (χ3v) is 4.51. The van der Waals surface area contributed by atoms with Gasteiger partial charge in [0, 0.05) is 13.1 Å². The first kappa shape index (κ1) is 11.9. The third-order valence-electron chi connectivity index (χ3n) is 2.61. The Kier molecular flexibility index (Phi) is 3.55. The molecule has 1 rings (SSSR count).